The van der Waals surface area contributed by atoms with Gasteiger partial charge in [0.2, 0.25) is 0 Å². The molecule has 0 amide bonds. The van der Waals surface area contributed by atoms with Gasteiger partial charge in [-0.3, -0.25) is 9.59 Å². The van der Waals surface area contributed by atoms with Gasteiger partial charge in [-0.1, -0.05) is 6.92 Å². The fourth-order valence-electron chi connectivity index (χ4n) is 1.53. The SMILES string of the molecule is CCN1CCC(=O)[C@@H](C(=O)OC)C1. The van der Waals surface area contributed by atoms with Gasteiger partial charge >= 0.3 is 5.97 Å². The van der Waals surface area contributed by atoms with Gasteiger partial charge in [-0.2, -0.15) is 0 Å². The van der Waals surface area contributed by atoms with E-state index in [2.05, 4.69) is 9.64 Å². The van der Waals surface area contributed by atoms with Crippen LogP contribution in [0.4, 0.5) is 0 Å². The first-order valence-electron chi connectivity index (χ1n) is 4.52. The van der Waals surface area contributed by atoms with Gasteiger partial charge in [-0.15, -0.1) is 0 Å². The van der Waals surface area contributed by atoms with Crippen LogP contribution in [0, 0.1) is 5.92 Å². The van der Waals surface area contributed by atoms with Gasteiger partial charge in [-0.25, -0.2) is 0 Å². The Balaban J connectivity index is 2.59. The number of methoxy groups -OCH3 is 1. The summed E-state index contributed by atoms with van der Waals surface area (Å²) in [5.74, 6) is -0.946. The van der Waals surface area contributed by atoms with Crippen molar-refractivity contribution in [1.82, 2.24) is 4.90 Å². The molecule has 0 aromatic heterocycles. The lowest BCUT2D eigenvalue weighted by Gasteiger charge is -2.28. The Hall–Kier alpha value is -0.900. The van der Waals surface area contributed by atoms with Crippen molar-refractivity contribution in [2.75, 3.05) is 26.7 Å². The van der Waals surface area contributed by atoms with Crippen LogP contribution in [0.15, 0.2) is 0 Å². The molecule has 13 heavy (non-hydrogen) atoms. The number of piperidine rings is 1. The molecule has 1 fully saturated rings. The molecule has 0 aromatic rings. The largest absolute Gasteiger partial charge is 0.468 e. The molecule has 4 heteroatoms. The summed E-state index contributed by atoms with van der Waals surface area (Å²) >= 11 is 0. The number of carbonyl (C=O) groups is 2. The van der Waals surface area contributed by atoms with Crippen LogP contribution in [0.3, 0.4) is 0 Å². The molecule has 1 saturated heterocycles. The molecule has 1 aliphatic heterocycles. The standard InChI is InChI=1S/C9H15NO3/c1-3-10-5-4-8(11)7(6-10)9(12)13-2/h7H,3-6H2,1-2H3/t7-/m0/s1. The van der Waals surface area contributed by atoms with E-state index in [0.717, 1.165) is 13.1 Å². The molecule has 0 spiro atoms. The second kappa shape index (κ2) is 4.37. The molecule has 1 atom stereocenters. The Bertz CT molecular complexity index is 207. The molecule has 0 aliphatic carbocycles. The van der Waals surface area contributed by atoms with Crippen molar-refractivity contribution in [3.63, 3.8) is 0 Å². The Labute approximate surface area is 77.8 Å². The Morgan fingerprint density at radius 2 is 2.38 bits per heavy atom. The number of hydrogen-bond donors (Lipinski definition) is 0. The minimum absolute atomic E-state index is 0.0107. The highest BCUT2D eigenvalue weighted by atomic mass is 16.5. The summed E-state index contributed by atoms with van der Waals surface area (Å²) in [5, 5.41) is 0. The minimum atomic E-state index is -0.557. The van der Waals surface area contributed by atoms with Crippen molar-refractivity contribution < 1.29 is 14.3 Å². The van der Waals surface area contributed by atoms with Crippen molar-refractivity contribution >= 4 is 11.8 Å². The highest BCUT2D eigenvalue weighted by molar-refractivity contribution is 5.99. The zero-order valence-electron chi connectivity index (χ0n) is 8.08. The molecule has 4 nitrogen and oxygen atoms in total. The number of nitrogens with zero attached hydrogens (tertiary/aromatic N) is 1. The third kappa shape index (κ3) is 2.28. The number of ether oxygens (including phenoxy) is 1. The molecule has 0 radical (unpaired) electrons. The third-order valence-corrected chi connectivity index (χ3v) is 2.44. The van der Waals surface area contributed by atoms with Crippen LogP contribution in [0.25, 0.3) is 0 Å². The van der Waals surface area contributed by atoms with Crippen molar-refractivity contribution in [2.24, 2.45) is 5.92 Å². The van der Waals surface area contributed by atoms with E-state index in [1.54, 1.807) is 0 Å². The van der Waals surface area contributed by atoms with Crippen molar-refractivity contribution in [3.05, 3.63) is 0 Å². The first-order chi connectivity index (χ1) is 6.19. The Kier molecular flexibility index (Phi) is 3.42. The van der Waals surface area contributed by atoms with E-state index in [1.807, 2.05) is 6.92 Å². The Morgan fingerprint density at radius 3 is 2.92 bits per heavy atom. The number of hydrogen-bond acceptors (Lipinski definition) is 4. The average Bonchev–Trinajstić information content (AvgIpc) is 2.17. The van der Waals surface area contributed by atoms with Crippen LogP contribution in [0.5, 0.6) is 0 Å². The van der Waals surface area contributed by atoms with Crippen LogP contribution in [0.2, 0.25) is 0 Å². The van der Waals surface area contributed by atoms with Crippen molar-refractivity contribution in [1.29, 1.82) is 0 Å². The van der Waals surface area contributed by atoms with Gasteiger partial charge in [0.05, 0.1) is 7.11 Å². The van der Waals surface area contributed by atoms with E-state index < -0.39 is 11.9 Å². The molecular weight excluding hydrogens is 170 g/mol. The summed E-state index contributed by atoms with van der Waals surface area (Å²) in [6.07, 6.45) is 0.466. The normalized spacial score (nSPS) is 24.5. The lowest BCUT2D eigenvalue weighted by Crippen LogP contribution is -2.44. The number of ketones is 1. The summed E-state index contributed by atoms with van der Waals surface area (Å²) < 4.78 is 4.57. The zero-order chi connectivity index (χ0) is 9.84. The van der Waals surface area contributed by atoms with E-state index in [0.29, 0.717) is 13.0 Å². The van der Waals surface area contributed by atoms with E-state index in [4.69, 9.17) is 0 Å². The lowest BCUT2D eigenvalue weighted by atomic mass is 9.97. The summed E-state index contributed by atoms with van der Waals surface area (Å²) in [5.41, 5.74) is 0. The summed E-state index contributed by atoms with van der Waals surface area (Å²) in [6.45, 7) is 4.18. The minimum Gasteiger partial charge on any atom is -0.468 e. The van der Waals surface area contributed by atoms with Gasteiger partial charge < -0.3 is 9.64 Å². The maximum absolute atomic E-state index is 11.3. The molecule has 0 unspecified atom stereocenters. The number of rotatable bonds is 2. The van der Waals surface area contributed by atoms with Crippen LogP contribution in [-0.2, 0) is 14.3 Å². The van der Waals surface area contributed by atoms with Crippen molar-refractivity contribution in [3.8, 4) is 0 Å². The summed E-state index contributed by atoms with van der Waals surface area (Å²) in [7, 11) is 1.32. The second-order valence-corrected chi connectivity index (χ2v) is 3.19. The lowest BCUT2D eigenvalue weighted by molar-refractivity contribution is -0.151. The van der Waals surface area contributed by atoms with E-state index in [-0.39, 0.29) is 5.78 Å². The van der Waals surface area contributed by atoms with Gasteiger partial charge in [0, 0.05) is 19.5 Å². The average molecular weight is 185 g/mol. The van der Waals surface area contributed by atoms with Crippen LogP contribution >= 0.6 is 0 Å². The summed E-state index contributed by atoms with van der Waals surface area (Å²) in [6, 6.07) is 0. The van der Waals surface area contributed by atoms with E-state index >= 15 is 0 Å². The summed E-state index contributed by atoms with van der Waals surface area (Å²) in [4.78, 5) is 24.6. The van der Waals surface area contributed by atoms with Gasteiger partial charge in [0.1, 0.15) is 11.7 Å². The number of Topliss-reactive ketones (excluding diaryl/α,β-unsaturated/α-hetero) is 1. The number of esters is 1. The monoisotopic (exact) mass is 185 g/mol. The number of likely N-dealkylation sites (tertiary alicyclic amines) is 1. The predicted molar refractivity (Wildman–Crippen MR) is 47.2 cm³/mol. The fourth-order valence-corrected chi connectivity index (χ4v) is 1.53. The first-order valence-corrected chi connectivity index (χ1v) is 4.52. The molecule has 1 heterocycles. The highest BCUT2D eigenvalue weighted by Crippen LogP contribution is 2.13. The molecule has 74 valence electrons. The van der Waals surface area contributed by atoms with E-state index in [9.17, 15) is 9.59 Å². The second-order valence-electron chi connectivity index (χ2n) is 3.19. The smallest absolute Gasteiger partial charge is 0.317 e. The zero-order valence-corrected chi connectivity index (χ0v) is 8.08. The van der Waals surface area contributed by atoms with Gasteiger partial charge in [0.25, 0.3) is 0 Å². The molecule has 0 bridgehead atoms. The molecule has 0 saturated carbocycles. The van der Waals surface area contributed by atoms with E-state index in [1.165, 1.54) is 7.11 Å². The topological polar surface area (TPSA) is 46.6 Å². The molecule has 1 aliphatic rings. The van der Waals surface area contributed by atoms with Crippen LogP contribution in [0.1, 0.15) is 13.3 Å². The molecule has 0 N–H and O–H groups in total. The third-order valence-electron chi connectivity index (χ3n) is 2.44. The van der Waals surface area contributed by atoms with Crippen molar-refractivity contribution in [2.45, 2.75) is 13.3 Å². The molecular formula is C9H15NO3. The maximum Gasteiger partial charge on any atom is 0.317 e. The molecule has 1 rings (SSSR count). The highest BCUT2D eigenvalue weighted by Gasteiger charge is 2.32. The Morgan fingerprint density at radius 1 is 1.69 bits per heavy atom. The predicted octanol–water partition coefficient (Wildman–Crippen LogP) is 0.0703. The first kappa shape index (κ1) is 10.2. The van der Waals surface area contributed by atoms with Crippen LogP contribution in [-0.4, -0.2) is 43.4 Å². The van der Waals surface area contributed by atoms with Gasteiger partial charge in [0.15, 0.2) is 0 Å². The molecule has 0 aromatic carbocycles. The van der Waals surface area contributed by atoms with Crippen LogP contribution < -0.4 is 0 Å². The van der Waals surface area contributed by atoms with Gasteiger partial charge in [-0.05, 0) is 6.54 Å². The fraction of sp³-hybridized carbons (Fsp3) is 0.778. The quantitative estimate of drug-likeness (QED) is 0.451. The number of carbonyl (C=O) groups excluding carboxylic acids is 2. The maximum atomic E-state index is 11.3.